The molecule has 4 rings (SSSR count). The molecule has 23 heavy (non-hydrogen) atoms. The summed E-state index contributed by atoms with van der Waals surface area (Å²) in [7, 11) is 0. The van der Waals surface area contributed by atoms with Crippen LogP contribution in [0, 0.1) is 5.82 Å². The van der Waals surface area contributed by atoms with Crippen molar-refractivity contribution in [1.29, 1.82) is 0 Å². The van der Waals surface area contributed by atoms with E-state index in [1.807, 2.05) is 0 Å². The Morgan fingerprint density at radius 3 is 3.13 bits per heavy atom. The maximum absolute atomic E-state index is 13.7. The second-order valence-electron chi connectivity index (χ2n) is 5.61. The first kappa shape index (κ1) is 14.6. The second-order valence-corrected chi connectivity index (χ2v) is 5.61. The van der Waals surface area contributed by atoms with Gasteiger partial charge in [-0.2, -0.15) is 5.10 Å². The highest BCUT2D eigenvalue weighted by atomic mass is 19.1. The van der Waals surface area contributed by atoms with Gasteiger partial charge < -0.3 is 19.9 Å². The molecule has 0 aliphatic carbocycles. The van der Waals surface area contributed by atoms with E-state index in [2.05, 4.69) is 20.4 Å². The molecule has 2 N–H and O–H groups in total. The summed E-state index contributed by atoms with van der Waals surface area (Å²) in [5.74, 6) is -0.389. The number of aliphatic hydroxyl groups excluding tert-OH is 1. The van der Waals surface area contributed by atoms with Crippen molar-refractivity contribution >= 4 is 0 Å². The van der Waals surface area contributed by atoms with Crippen LogP contribution in [-0.2, 0) is 16.0 Å². The first-order valence-electron chi connectivity index (χ1n) is 7.35. The first-order valence-corrected chi connectivity index (χ1v) is 7.35. The van der Waals surface area contributed by atoms with E-state index in [0.29, 0.717) is 12.2 Å². The number of fused-ring (bicyclic) bond motifs is 2. The van der Waals surface area contributed by atoms with Gasteiger partial charge in [-0.05, 0) is 6.07 Å². The maximum atomic E-state index is 13.7. The number of rotatable bonds is 4. The number of hydrogen-bond donors (Lipinski definition) is 2. The third kappa shape index (κ3) is 2.61. The molecule has 8 nitrogen and oxygen atoms in total. The highest BCUT2D eigenvalue weighted by Crippen LogP contribution is 2.35. The lowest BCUT2D eigenvalue weighted by Gasteiger charge is -2.38. The number of aromatic nitrogens is 4. The molecule has 0 unspecified atom stereocenters. The average molecular weight is 321 g/mol. The van der Waals surface area contributed by atoms with Crippen LogP contribution in [0.2, 0.25) is 0 Å². The van der Waals surface area contributed by atoms with Gasteiger partial charge in [-0.25, -0.2) is 14.1 Å². The van der Waals surface area contributed by atoms with Crippen LogP contribution in [-0.4, -0.2) is 56.0 Å². The average Bonchev–Trinajstić information content (AvgIpc) is 3.21. The number of aliphatic hydroxyl groups is 1. The zero-order valence-corrected chi connectivity index (χ0v) is 12.1. The van der Waals surface area contributed by atoms with Crippen molar-refractivity contribution in [1.82, 2.24) is 25.1 Å². The molecular formula is C14H16FN5O3. The molecule has 0 saturated carbocycles. The van der Waals surface area contributed by atoms with Gasteiger partial charge in [-0.3, -0.25) is 4.98 Å². The Morgan fingerprint density at radius 1 is 1.43 bits per heavy atom. The predicted molar refractivity (Wildman–Crippen MR) is 74.5 cm³/mol. The standard InChI is InChI=1S/C14H16FN5O3/c15-9-4-16-2-1-8(9)3-18-11-10-5-22-14(23-10)12(13(11)21)20-7-17-6-19-20/h1-2,4,6-7,10-14,18,21H,3,5H2/t10-,11-,12-,13+,14-/m1/s1. The van der Waals surface area contributed by atoms with E-state index in [1.54, 1.807) is 6.07 Å². The molecule has 0 aromatic carbocycles. The Labute approximate surface area is 131 Å². The lowest BCUT2D eigenvalue weighted by molar-refractivity contribution is -0.168. The molecule has 5 atom stereocenters. The number of nitrogens with zero attached hydrogens (tertiary/aromatic N) is 4. The van der Waals surface area contributed by atoms with E-state index in [-0.39, 0.29) is 18.5 Å². The van der Waals surface area contributed by atoms with E-state index < -0.39 is 24.5 Å². The van der Waals surface area contributed by atoms with Gasteiger partial charge in [0.15, 0.2) is 6.29 Å². The third-order valence-corrected chi connectivity index (χ3v) is 4.26. The van der Waals surface area contributed by atoms with Gasteiger partial charge in [0, 0.05) is 18.3 Å². The Bertz CT molecular complexity index is 670. The number of pyridine rings is 1. The van der Waals surface area contributed by atoms with Crippen LogP contribution in [0.5, 0.6) is 0 Å². The number of hydrogen-bond acceptors (Lipinski definition) is 7. The van der Waals surface area contributed by atoms with E-state index in [9.17, 15) is 9.50 Å². The van der Waals surface area contributed by atoms with E-state index in [4.69, 9.17) is 9.47 Å². The number of halogens is 1. The van der Waals surface area contributed by atoms with Crippen molar-refractivity contribution in [3.8, 4) is 0 Å². The van der Waals surface area contributed by atoms with Crippen molar-refractivity contribution in [2.75, 3.05) is 6.61 Å². The fraction of sp³-hybridized carbons (Fsp3) is 0.500. The fourth-order valence-electron chi connectivity index (χ4n) is 3.08. The van der Waals surface area contributed by atoms with Crippen LogP contribution in [0.15, 0.2) is 31.1 Å². The maximum Gasteiger partial charge on any atom is 0.183 e. The zero-order chi connectivity index (χ0) is 15.8. The van der Waals surface area contributed by atoms with Crippen LogP contribution in [0.3, 0.4) is 0 Å². The molecule has 2 fully saturated rings. The molecule has 0 spiro atoms. The minimum atomic E-state index is -0.798. The Balaban J connectivity index is 1.52. The van der Waals surface area contributed by atoms with Gasteiger partial charge in [0.05, 0.1) is 24.9 Å². The molecular weight excluding hydrogens is 305 g/mol. The molecule has 2 bridgehead atoms. The van der Waals surface area contributed by atoms with Crippen molar-refractivity contribution in [3.05, 3.63) is 42.5 Å². The summed E-state index contributed by atoms with van der Waals surface area (Å²) in [6.07, 6.45) is 3.94. The van der Waals surface area contributed by atoms with Crippen LogP contribution in [0.25, 0.3) is 0 Å². The van der Waals surface area contributed by atoms with Crippen LogP contribution in [0.4, 0.5) is 4.39 Å². The summed E-state index contributed by atoms with van der Waals surface area (Å²) in [5.41, 5.74) is 0.477. The van der Waals surface area contributed by atoms with Gasteiger partial charge >= 0.3 is 0 Å². The van der Waals surface area contributed by atoms with Crippen LogP contribution >= 0.6 is 0 Å². The molecule has 0 amide bonds. The van der Waals surface area contributed by atoms with Crippen molar-refractivity contribution in [2.24, 2.45) is 0 Å². The predicted octanol–water partition coefficient (Wildman–Crippen LogP) is -0.372. The Morgan fingerprint density at radius 2 is 2.35 bits per heavy atom. The van der Waals surface area contributed by atoms with Gasteiger partial charge in [0.25, 0.3) is 0 Å². The normalized spacial score (nSPS) is 33.0. The van der Waals surface area contributed by atoms with Gasteiger partial charge in [-0.1, -0.05) is 0 Å². The lowest BCUT2D eigenvalue weighted by atomic mass is 9.96. The highest BCUT2D eigenvalue weighted by molar-refractivity contribution is 5.13. The van der Waals surface area contributed by atoms with E-state index in [1.165, 1.54) is 23.5 Å². The third-order valence-electron chi connectivity index (χ3n) is 4.26. The number of ether oxygens (including phenoxy) is 2. The minimum Gasteiger partial charge on any atom is -0.389 e. The highest BCUT2D eigenvalue weighted by Gasteiger charge is 2.51. The smallest absolute Gasteiger partial charge is 0.183 e. The van der Waals surface area contributed by atoms with Crippen molar-refractivity contribution in [3.63, 3.8) is 0 Å². The van der Waals surface area contributed by atoms with Crippen LogP contribution in [0.1, 0.15) is 11.6 Å². The summed E-state index contributed by atoms with van der Waals surface area (Å²) in [6, 6.07) is 0.688. The zero-order valence-electron chi connectivity index (χ0n) is 12.1. The number of nitrogens with one attached hydrogen (secondary N) is 1. The largest absolute Gasteiger partial charge is 0.389 e. The molecule has 2 saturated heterocycles. The monoisotopic (exact) mass is 321 g/mol. The summed E-state index contributed by atoms with van der Waals surface area (Å²) in [6.45, 7) is 0.619. The topological polar surface area (TPSA) is 94.3 Å². The summed E-state index contributed by atoms with van der Waals surface area (Å²) < 4.78 is 26.6. The molecule has 2 aromatic heterocycles. The molecule has 2 aliphatic heterocycles. The molecule has 2 aromatic rings. The van der Waals surface area contributed by atoms with Crippen molar-refractivity contribution in [2.45, 2.75) is 37.1 Å². The fourth-order valence-corrected chi connectivity index (χ4v) is 3.08. The summed E-state index contributed by atoms with van der Waals surface area (Å²) in [4.78, 5) is 7.62. The minimum absolute atomic E-state index is 0.255. The van der Waals surface area contributed by atoms with E-state index in [0.717, 1.165) is 6.20 Å². The van der Waals surface area contributed by atoms with Gasteiger partial charge in [0.2, 0.25) is 0 Å². The quantitative estimate of drug-likeness (QED) is 0.793. The first-order chi connectivity index (χ1) is 11.2. The SMILES string of the molecule is O[C@H]1[C@H](NCc2ccncc2F)[C@H]2CO[C@H](O2)[C@@H]1n1cncn1. The van der Waals surface area contributed by atoms with E-state index >= 15 is 0 Å². The molecule has 4 heterocycles. The van der Waals surface area contributed by atoms with Gasteiger partial charge in [-0.15, -0.1) is 0 Å². The summed E-state index contributed by atoms with van der Waals surface area (Å²) >= 11 is 0. The van der Waals surface area contributed by atoms with Crippen molar-refractivity contribution < 1.29 is 19.0 Å². The molecule has 9 heteroatoms. The lowest BCUT2D eigenvalue weighted by Crippen LogP contribution is -2.57. The second kappa shape index (κ2) is 5.93. The van der Waals surface area contributed by atoms with Gasteiger partial charge in [0.1, 0.15) is 30.6 Å². The van der Waals surface area contributed by atoms with Crippen LogP contribution < -0.4 is 5.32 Å². The Hall–Kier alpha value is -1.94. The molecule has 2 aliphatic rings. The summed E-state index contributed by atoms with van der Waals surface area (Å²) in [5, 5.41) is 17.9. The molecule has 0 radical (unpaired) electrons. The molecule has 122 valence electrons. The Kier molecular flexibility index (Phi) is 3.77.